The molecular formula is C15H20ClNO. The summed E-state index contributed by atoms with van der Waals surface area (Å²) < 4.78 is 0. The van der Waals surface area contributed by atoms with E-state index in [2.05, 4.69) is 18.7 Å². The van der Waals surface area contributed by atoms with Crippen LogP contribution in [0.3, 0.4) is 0 Å². The van der Waals surface area contributed by atoms with Crippen molar-refractivity contribution in [2.75, 3.05) is 19.6 Å². The third kappa shape index (κ3) is 3.56. The molecule has 1 aromatic carbocycles. The Bertz CT molecular complexity index is 422. The Morgan fingerprint density at radius 1 is 1.33 bits per heavy atom. The van der Waals surface area contributed by atoms with E-state index < -0.39 is 0 Å². The second-order valence-corrected chi connectivity index (χ2v) is 6.01. The first-order chi connectivity index (χ1) is 8.54. The Labute approximate surface area is 114 Å². The van der Waals surface area contributed by atoms with Gasteiger partial charge in [-0.1, -0.05) is 37.6 Å². The molecule has 2 rings (SSSR count). The predicted molar refractivity (Wildman–Crippen MR) is 75.2 cm³/mol. The third-order valence-corrected chi connectivity index (χ3v) is 3.69. The van der Waals surface area contributed by atoms with Crippen LogP contribution in [0.4, 0.5) is 0 Å². The van der Waals surface area contributed by atoms with Crippen molar-refractivity contribution >= 4 is 17.4 Å². The molecule has 0 aromatic heterocycles. The fourth-order valence-electron chi connectivity index (χ4n) is 2.88. The van der Waals surface area contributed by atoms with Crippen LogP contribution in [0.1, 0.15) is 30.6 Å². The number of ketones is 1. The molecule has 0 radical (unpaired) electrons. The summed E-state index contributed by atoms with van der Waals surface area (Å²) in [6.45, 7) is 7.07. The number of piperidine rings is 1. The lowest BCUT2D eigenvalue weighted by Crippen LogP contribution is -2.41. The highest BCUT2D eigenvalue weighted by molar-refractivity contribution is 6.31. The van der Waals surface area contributed by atoms with E-state index in [1.807, 2.05) is 12.1 Å². The Balaban J connectivity index is 1.99. The maximum atomic E-state index is 12.2. The molecule has 0 bridgehead atoms. The molecule has 0 saturated carbocycles. The topological polar surface area (TPSA) is 20.3 Å². The molecule has 1 aliphatic heterocycles. The van der Waals surface area contributed by atoms with Gasteiger partial charge in [0.1, 0.15) is 0 Å². The SMILES string of the molecule is CC1CC(C)CN(CC(=O)c2cccc(Cl)c2)C1. The highest BCUT2D eigenvalue weighted by Gasteiger charge is 2.23. The molecule has 1 aromatic rings. The van der Waals surface area contributed by atoms with Crippen molar-refractivity contribution in [1.82, 2.24) is 4.90 Å². The Kier molecular flexibility index (Phi) is 4.41. The monoisotopic (exact) mass is 265 g/mol. The molecule has 1 saturated heterocycles. The van der Waals surface area contributed by atoms with E-state index in [0.717, 1.165) is 13.1 Å². The van der Waals surface area contributed by atoms with Gasteiger partial charge in [0, 0.05) is 23.7 Å². The van der Waals surface area contributed by atoms with Crippen molar-refractivity contribution in [3.05, 3.63) is 34.9 Å². The number of rotatable bonds is 3. The van der Waals surface area contributed by atoms with Crippen LogP contribution in [0.25, 0.3) is 0 Å². The summed E-state index contributed by atoms with van der Waals surface area (Å²) in [4.78, 5) is 14.4. The Morgan fingerprint density at radius 2 is 2.00 bits per heavy atom. The lowest BCUT2D eigenvalue weighted by molar-refractivity contribution is 0.0849. The van der Waals surface area contributed by atoms with E-state index in [-0.39, 0.29) is 5.78 Å². The number of carbonyl (C=O) groups excluding carboxylic acids is 1. The summed E-state index contributed by atoms with van der Waals surface area (Å²) in [5.41, 5.74) is 0.716. The fourth-order valence-corrected chi connectivity index (χ4v) is 3.07. The van der Waals surface area contributed by atoms with E-state index in [9.17, 15) is 4.79 Å². The van der Waals surface area contributed by atoms with Gasteiger partial charge in [-0.15, -0.1) is 0 Å². The summed E-state index contributed by atoms with van der Waals surface area (Å²) in [6, 6.07) is 7.21. The molecule has 0 spiro atoms. The molecule has 1 fully saturated rings. The first-order valence-corrected chi connectivity index (χ1v) is 6.93. The lowest BCUT2D eigenvalue weighted by Gasteiger charge is -2.34. The average Bonchev–Trinajstić information content (AvgIpc) is 2.27. The van der Waals surface area contributed by atoms with Crippen molar-refractivity contribution in [2.24, 2.45) is 11.8 Å². The highest BCUT2D eigenvalue weighted by Crippen LogP contribution is 2.21. The first-order valence-electron chi connectivity index (χ1n) is 6.55. The zero-order valence-electron chi connectivity index (χ0n) is 11.0. The number of nitrogens with zero attached hydrogens (tertiary/aromatic N) is 1. The third-order valence-electron chi connectivity index (χ3n) is 3.46. The normalized spacial score (nSPS) is 25.1. The van der Waals surface area contributed by atoms with Crippen LogP contribution in [0.5, 0.6) is 0 Å². The number of carbonyl (C=O) groups is 1. The number of Topliss-reactive ketones (excluding diaryl/α,β-unsaturated/α-hetero) is 1. The van der Waals surface area contributed by atoms with Crippen molar-refractivity contribution in [3.63, 3.8) is 0 Å². The van der Waals surface area contributed by atoms with E-state index in [1.165, 1.54) is 6.42 Å². The lowest BCUT2D eigenvalue weighted by atomic mass is 9.91. The molecule has 2 atom stereocenters. The second-order valence-electron chi connectivity index (χ2n) is 5.57. The summed E-state index contributed by atoms with van der Waals surface area (Å²) in [5.74, 6) is 1.53. The number of halogens is 1. The average molecular weight is 266 g/mol. The maximum Gasteiger partial charge on any atom is 0.176 e. The molecule has 0 aliphatic carbocycles. The van der Waals surface area contributed by atoms with Crippen LogP contribution >= 0.6 is 11.6 Å². The molecule has 18 heavy (non-hydrogen) atoms. The van der Waals surface area contributed by atoms with Gasteiger partial charge in [0.25, 0.3) is 0 Å². The van der Waals surface area contributed by atoms with Gasteiger partial charge in [-0.3, -0.25) is 9.69 Å². The van der Waals surface area contributed by atoms with Gasteiger partial charge in [-0.2, -0.15) is 0 Å². The molecule has 0 N–H and O–H groups in total. The summed E-state index contributed by atoms with van der Waals surface area (Å²) in [7, 11) is 0. The number of hydrogen-bond acceptors (Lipinski definition) is 2. The van der Waals surface area contributed by atoms with Gasteiger partial charge in [0.2, 0.25) is 0 Å². The van der Waals surface area contributed by atoms with Crippen molar-refractivity contribution < 1.29 is 4.79 Å². The molecule has 1 aliphatic rings. The number of likely N-dealkylation sites (tertiary alicyclic amines) is 1. The standard InChI is InChI=1S/C15H20ClNO/c1-11-6-12(2)9-17(8-11)10-15(18)13-4-3-5-14(16)7-13/h3-5,7,11-12H,6,8-10H2,1-2H3. The molecular weight excluding hydrogens is 246 g/mol. The summed E-state index contributed by atoms with van der Waals surface area (Å²) in [5, 5.41) is 0.626. The Morgan fingerprint density at radius 3 is 2.61 bits per heavy atom. The molecule has 98 valence electrons. The van der Waals surface area contributed by atoms with E-state index in [0.29, 0.717) is 29.0 Å². The van der Waals surface area contributed by atoms with Gasteiger partial charge in [0.15, 0.2) is 5.78 Å². The summed E-state index contributed by atoms with van der Waals surface area (Å²) >= 11 is 5.91. The van der Waals surface area contributed by atoms with Gasteiger partial charge in [-0.25, -0.2) is 0 Å². The molecule has 2 unspecified atom stereocenters. The minimum atomic E-state index is 0.166. The van der Waals surface area contributed by atoms with Crippen molar-refractivity contribution in [2.45, 2.75) is 20.3 Å². The fraction of sp³-hybridized carbons (Fsp3) is 0.533. The maximum absolute atomic E-state index is 12.2. The first kappa shape index (κ1) is 13.6. The van der Waals surface area contributed by atoms with E-state index in [4.69, 9.17) is 11.6 Å². The second kappa shape index (κ2) is 5.85. The zero-order valence-corrected chi connectivity index (χ0v) is 11.8. The quantitative estimate of drug-likeness (QED) is 0.780. The van der Waals surface area contributed by atoms with Crippen LogP contribution < -0.4 is 0 Å². The van der Waals surface area contributed by atoms with Crippen molar-refractivity contribution in [1.29, 1.82) is 0 Å². The van der Waals surface area contributed by atoms with E-state index in [1.54, 1.807) is 12.1 Å². The van der Waals surface area contributed by atoms with Crippen LogP contribution in [0.2, 0.25) is 5.02 Å². The summed E-state index contributed by atoms with van der Waals surface area (Å²) in [6.07, 6.45) is 1.27. The smallest absolute Gasteiger partial charge is 0.176 e. The van der Waals surface area contributed by atoms with Crippen LogP contribution in [-0.2, 0) is 0 Å². The molecule has 3 heteroatoms. The minimum absolute atomic E-state index is 0.166. The van der Waals surface area contributed by atoms with Gasteiger partial charge in [-0.05, 0) is 30.4 Å². The van der Waals surface area contributed by atoms with Crippen LogP contribution in [0.15, 0.2) is 24.3 Å². The molecule has 0 amide bonds. The molecule has 2 nitrogen and oxygen atoms in total. The molecule has 1 heterocycles. The number of benzene rings is 1. The van der Waals surface area contributed by atoms with E-state index >= 15 is 0 Å². The van der Waals surface area contributed by atoms with Crippen molar-refractivity contribution in [3.8, 4) is 0 Å². The zero-order chi connectivity index (χ0) is 13.1. The van der Waals surface area contributed by atoms with Gasteiger partial charge in [0.05, 0.1) is 6.54 Å². The van der Waals surface area contributed by atoms with Crippen LogP contribution in [-0.4, -0.2) is 30.3 Å². The van der Waals surface area contributed by atoms with Gasteiger partial charge < -0.3 is 0 Å². The van der Waals surface area contributed by atoms with Gasteiger partial charge >= 0.3 is 0 Å². The predicted octanol–water partition coefficient (Wildman–Crippen LogP) is 3.50. The highest BCUT2D eigenvalue weighted by atomic mass is 35.5. The van der Waals surface area contributed by atoms with Crippen LogP contribution in [0, 0.1) is 11.8 Å². The number of hydrogen-bond donors (Lipinski definition) is 0. The largest absolute Gasteiger partial charge is 0.295 e. The minimum Gasteiger partial charge on any atom is -0.295 e. The Hall–Kier alpha value is -0.860.